The summed E-state index contributed by atoms with van der Waals surface area (Å²) in [5.41, 5.74) is 4.18. The fourth-order valence-electron chi connectivity index (χ4n) is 3.61. The minimum atomic E-state index is -3.97. The van der Waals surface area contributed by atoms with Gasteiger partial charge in [-0.2, -0.15) is 4.31 Å². The van der Waals surface area contributed by atoms with Crippen molar-refractivity contribution < 1.29 is 13.2 Å². The summed E-state index contributed by atoms with van der Waals surface area (Å²) >= 11 is 12.2. The zero-order valence-electron chi connectivity index (χ0n) is 19.6. The van der Waals surface area contributed by atoms with Gasteiger partial charge in [-0.1, -0.05) is 79.0 Å². The summed E-state index contributed by atoms with van der Waals surface area (Å²) in [6.07, 6.45) is 0. The number of hydrogen-bond acceptors (Lipinski definition) is 3. The average molecular weight is 519 g/mol. The molecule has 3 aromatic carbocycles. The van der Waals surface area contributed by atoms with Crippen LogP contribution in [0.1, 0.15) is 42.0 Å². The van der Waals surface area contributed by atoms with Crippen molar-refractivity contribution in [2.45, 2.75) is 45.1 Å². The van der Waals surface area contributed by atoms with Gasteiger partial charge in [0.1, 0.15) is 0 Å². The topological polar surface area (TPSA) is 66.5 Å². The average Bonchev–Trinajstić information content (AvgIpc) is 2.77. The van der Waals surface area contributed by atoms with E-state index in [-0.39, 0.29) is 23.9 Å². The number of carbonyl (C=O) groups excluding carboxylic acids is 1. The first kappa shape index (κ1) is 26.2. The number of nitrogens with one attached hydrogen (secondary N) is 1. The van der Waals surface area contributed by atoms with Crippen LogP contribution < -0.4 is 5.32 Å². The van der Waals surface area contributed by atoms with Gasteiger partial charge in [-0.05, 0) is 60.7 Å². The van der Waals surface area contributed by atoms with Crippen LogP contribution >= 0.6 is 23.2 Å². The molecule has 3 aromatic rings. The Morgan fingerprint density at radius 1 is 0.971 bits per heavy atom. The Balaban J connectivity index is 1.94. The Labute approximate surface area is 211 Å². The molecule has 8 heteroatoms. The number of carbonyl (C=O) groups is 1. The van der Waals surface area contributed by atoms with Gasteiger partial charge >= 0.3 is 0 Å². The summed E-state index contributed by atoms with van der Waals surface area (Å²) in [6.45, 7) is 7.49. The van der Waals surface area contributed by atoms with Crippen LogP contribution in [0.25, 0.3) is 0 Å². The van der Waals surface area contributed by atoms with Gasteiger partial charge in [-0.15, -0.1) is 0 Å². The van der Waals surface area contributed by atoms with E-state index in [1.54, 1.807) is 42.5 Å². The van der Waals surface area contributed by atoms with E-state index < -0.39 is 15.9 Å². The molecular formula is C26H28Cl2N2O3S. The lowest BCUT2D eigenvalue weighted by atomic mass is 9.98. The van der Waals surface area contributed by atoms with Gasteiger partial charge in [0, 0.05) is 12.2 Å². The van der Waals surface area contributed by atoms with Crippen molar-refractivity contribution in [2.24, 2.45) is 0 Å². The number of rotatable bonds is 8. The normalized spacial score (nSPS) is 11.8. The molecule has 0 atom stereocenters. The van der Waals surface area contributed by atoms with Crippen molar-refractivity contribution in [3.05, 3.63) is 93.0 Å². The Morgan fingerprint density at radius 3 is 2.26 bits per heavy atom. The molecule has 0 aliphatic heterocycles. The molecule has 180 valence electrons. The smallest absolute Gasteiger partial charge is 0.243 e. The van der Waals surface area contributed by atoms with Crippen LogP contribution in [0, 0.1) is 13.8 Å². The van der Waals surface area contributed by atoms with E-state index in [0.29, 0.717) is 21.3 Å². The second kappa shape index (κ2) is 10.9. The minimum Gasteiger partial charge on any atom is -0.324 e. The number of nitrogens with zero attached hydrogens (tertiary/aromatic N) is 1. The number of aryl methyl sites for hydroxylation is 2. The third-order valence-electron chi connectivity index (χ3n) is 5.51. The van der Waals surface area contributed by atoms with Gasteiger partial charge in [-0.25, -0.2) is 8.42 Å². The lowest BCUT2D eigenvalue weighted by molar-refractivity contribution is -0.116. The van der Waals surface area contributed by atoms with Gasteiger partial charge in [0.2, 0.25) is 15.9 Å². The molecular weight excluding hydrogens is 491 g/mol. The van der Waals surface area contributed by atoms with Crippen molar-refractivity contribution in [3.63, 3.8) is 0 Å². The number of hydrogen-bond donors (Lipinski definition) is 1. The quantitative estimate of drug-likeness (QED) is 0.366. The van der Waals surface area contributed by atoms with E-state index in [2.05, 4.69) is 5.32 Å². The maximum atomic E-state index is 13.5. The summed E-state index contributed by atoms with van der Waals surface area (Å²) in [7, 11) is -3.97. The van der Waals surface area contributed by atoms with Crippen LogP contribution in [0.2, 0.25) is 10.0 Å². The SMILES string of the molecule is Cc1ccc(S(=O)(=O)N(CC(=O)Nc2c(C)cccc2C(C)C)Cc2ccc(Cl)c(Cl)c2)cc1. The van der Waals surface area contributed by atoms with E-state index in [9.17, 15) is 13.2 Å². The Morgan fingerprint density at radius 2 is 1.65 bits per heavy atom. The summed E-state index contributed by atoms with van der Waals surface area (Å²) < 4.78 is 28.2. The Kier molecular flexibility index (Phi) is 8.42. The zero-order valence-corrected chi connectivity index (χ0v) is 21.9. The van der Waals surface area contributed by atoms with E-state index in [4.69, 9.17) is 23.2 Å². The lowest BCUT2D eigenvalue weighted by Gasteiger charge is -2.23. The Hall–Kier alpha value is -2.38. The molecule has 0 unspecified atom stereocenters. The van der Waals surface area contributed by atoms with Gasteiger partial charge < -0.3 is 5.32 Å². The highest BCUT2D eigenvalue weighted by molar-refractivity contribution is 7.89. The molecule has 0 aliphatic rings. The Bertz CT molecular complexity index is 1290. The van der Waals surface area contributed by atoms with Crippen molar-refractivity contribution in [1.29, 1.82) is 0 Å². The molecule has 0 heterocycles. The first-order valence-corrected chi connectivity index (χ1v) is 13.1. The summed E-state index contributed by atoms with van der Waals surface area (Å²) in [5.74, 6) is -0.231. The highest BCUT2D eigenvalue weighted by Gasteiger charge is 2.27. The fraction of sp³-hybridized carbons (Fsp3) is 0.269. The van der Waals surface area contributed by atoms with E-state index >= 15 is 0 Å². The predicted octanol–water partition coefficient (Wildman–Crippen LogP) is 6.56. The van der Waals surface area contributed by atoms with Crippen LogP contribution in [-0.4, -0.2) is 25.2 Å². The monoisotopic (exact) mass is 518 g/mol. The van der Waals surface area contributed by atoms with Crippen LogP contribution in [0.3, 0.4) is 0 Å². The molecule has 0 saturated carbocycles. The largest absolute Gasteiger partial charge is 0.324 e. The lowest BCUT2D eigenvalue weighted by Crippen LogP contribution is -2.37. The molecule has 0 aliphatic carbocycles. The summed E-state index contributed by atoms with van der Waals surface area (Å²) in [6, 6.07) is 17.3. The first-order valence-electron chi connectivity index (χ1n) is 10.9. The highest BCUT2D eigenvalue weighted by Crippen LogP contribution is 2.28. The molecule has 3 rings (SSSR count). The third kappa shape index (κ3) is 6.19. The van der Waals surface area contributed by atoms with Crippen molar-refractivity contribution in [2.75, 3.05) is 11.9 Å². The van der Waals surface area contributed by atoms with Crippen molar-refractivity contribution in [3.8, 4) is 0 Å². The van der Waals surface area contributed by atoms with Gasteiger partial charge in [0.05, 0.1) is 21.5 Å². The number of halogens is 2. The molecule has 0 radical (unpaired) electrons. The first-order chi connectivity index (χ1) is 16.0. The van der Waals surface area contributed by atoms with Crippen LogP contribution in [0.4, 0.5) is 5.69 Å². The predicted molar refractivity (Wildman–Crippen MR) is 139 cm³/mol. The maximum Gasteiger partial charge on any atom is 0.243 e. The third-order valence-corrected chi connectivity index (χ3v) is 8.06. The van der Waals surface area contributed by atoms with Gasteiger partial charge in [-0.3, -0.25) is 4.79 Å². The molecule has 0 bridgehead atoms. The number of para-hydroxylation sites is 1. The highest BCUT2D eigenvalue weighted by atomic mass is 35.5. The minimum absolute atomic E-state index is 0.0364. The zero-order chi connectivity index (χ0) is 25.0. The molecule has 0 spiro atoms. The van der Waals surface area contributed by atoms with E-state index in [1.807, 2.05) is 45.9 Å². The van der Waals surface area contributed by atoms with Crippen LogP contribution in [0.15, 0.2) is 65.6 Å². The van der Waals surface area contributed by atoms with E-state index in [0.717, 1.165) is 21.0 Å². The fourth-order valence-corrected chi connectivity index (χ4v) is 5.31. The molecule has 0 saturated heterocycles. The second-order valence-corrected chi connectivity index (χ2v) is 11.3. The second-order valence-electron chi connectivity index (χ2n) is 8.58. The van der Waals surface area contributed by atoms with Gasteiger partial charge in [0.25, 0.3) is 0 Å². The molecule has 34 heavy (non-hydrogen) atoms. The molecule has 1 amide bonds. The van der Waals surface area contributed by atoms with Crippen molar-refractivity contribution in [1.82, 2.24) is 4.31 Å². The maximum absolute atomic E-state index is 13.5. The number of amides is 1. The molecule has 1 N–H and O–H groups in total. The molecule has 0 aromatic heterocycles. The van der Waals surface area contributed by atoms with Crippen molar-refractivity contribution >= 4 is 44.8 Å². The number of benzene rings is 3. The molecule has 0 fully saturated rings. The standard InChI is InChI=1S/C26H28Cl2N2O3S/c1-17(2)22-7-5-6-19(4)26(22)29-25(31)16-30(15-20-10-13-23(27)24(28)14-20)34(32,33)21-11-8-18(3)9-12-21/h5-14,17H,15-16H2,1-4H3,(H,29,31). The van der Waals surface area contributed by atoms with Crippen LogP contribution in [0.5, 0.6) is 0 Å². The number of sulfonamides is 1. The summed E-state index contributed by atoms with van der Waals surface area (Å²) in [5, 5.41) is 3.63. The number of anilines is 1. The van der Waals surface area contributed by atoms with Crippen LogP contribution in [-0.2, 0) is 21.4 Å². The summed E-state index contributed by atoms with van der Waals surface area (Å²) in [4.78, 5) is 13.2. The van der Waals surface area contributed by atoms with Gasteiger partial charge in [0.15, 0.2) is 0 Å². The van der Waals surface area contributed by atoms with E-state index in [1.165, 1.54) is 0 Å². The molecule has 5 nitrogen and oxygen atoms in total.